The van der Waals surface area contributed by atoms with Crippen LogP contribution in [0, 0.1) is 17.2 Å². The van der Waals surface area contributed by atoms with Gasteiger partial charge in [0.2, 0.25) is 0 Å². The molecule has 0 radical (unpaired) electrons. The lowest BCUT2D eigenvalue weighted by Gasteiger charge is -2.74. The van der Waals surface area contributed by atoms with Crippen molar-refractivity contribution >= 4 is 0 Å². The summed E-state index contributed by atoms with van der Waals surface area (Å²) < 4.78 is 28.1. The molecule has 5 heteroatoms. The number of halogens is 1. The van der Waals surface area contributed by atoms with Crippen LogP contribution in [-0.2, 0) is 16.6 Å². The SMILES string of the molecule is CCC[C@@](C)(O)[C@@H]1CC23CCC1(OC)[C@H]1Oc4c(F)ccc5c4[C@@]12CCN(C)[C@@H]3C5. The monoisotopic (exact) mass is 415 g/mol. The van der Waals surface area contributed by atoms with E-state index in [2.05, 4.69) is 18.9 Å². The number of hydrogen-bond acceptors (Lipinski definition) is 4. The number of rotatable bonds is 4. The van der Waals surface area contributed by atoms with E-state index in [1.807, 2.05) is 13.0 Å². The third kappa shape index (κ3) is 1.87. The Morgan fingerprint density at radius 3 is 2.87 bits per heavy atom. The number of aliphatic hydroxyl groups is 1. The number of fused-ring (bicyclic) bond motifs is 2. The second-order valence-corrected chi connectivity index (χ2v) is 11.0. The van der Waals surface area contributed by atoms with Gasteiger partial charge in [-0.05, 0) is 70.7 Å². The molecule has 4 fully saturated rings. The Bertz CT molecular complexity index is 918. The summed E-state index contributed by atoms with van der Waals surface area (Å²) >= 11 is 0. The first-order valence-electron chi connectivity index (χ1n) is 11.7. The van der Waals surface area contributed by atoms with E-state index in [9.17, 15) is 5.11 Å². The van der Waals surface area contributed by atoms with E-state index in [1.165, 1.54) is 5.56 Å². The number of hydrogen-bond donors (Lipinski definition) is 1. The molecule has 1 aromatic carbocycles. The van der Waals surface area contributed by atoms with Gasteiger partial charge in [-0.1, -0.05) is 19.4 Å². The summed E-state index contributed by atoms with van der Waals surface area (Å²) in [7, 11) is 4.03. The summed E-state index contributed by atoms with van der Waals surface area (Å²) in [6, 6.07) is 3.98. The second kappa shape index (κ2) is 5.79. The van der Waals surface area contributed by atoms with Gasteiger partial charge in [0.05, 0.1) is 5.60 Å². The van der Waals surface area contributed by atoms with Crippen molar-refractivity contribution in [3.05, 3.63) is 29.1 Å². The number of benzene rings is 1. The molecule has 30 heavy (non-hydrogen) atoms. The van der Waals surface area contributed by atoms with Crippen LogP contribution in [0.3, 0.4) is 0 Å². The molecule has 3 saturated carbocycles. The molecule has 6 aliphatic rings. The summed E-state index contributed by atoms with van der Waals surface area (Å²) in [4.78, 5) is 2.53. The zero-order chi connectivity index (χ0) is 21.1. The highest BCUT2D eigenvalue weighted by molar-refractivity contribution is 5.59. The van der Waals surface area contributed by atoms with Gasteiger partial charge in [-0.15, -0.1) is 0 Å². The fraction of sp³-hybridized carbons (Fsp3) is 0.760. The summed E-state index contributed by atoms with van der Waals surface area (Å²) in [5.41, 5.74) is 0.782. The zero-order valence-corrected chi connectivity index (χ0v) is 18.6. The number of ether oxygens (including phenoxy) is 2. The Balaban J connectivity index is 1.64. The lowest BCUT2D eigenvalue weighted by atomic mass is 9.33. The predicted molar refractivity (Wildman–Crippen MR) is 112 cm³/mol. The number of likely N-dealkylation sites (tertiary alicyclic amines) is 1. The Labute approximate surface area is 178 Å². The highest BCUT2D eigenvalue weighted by Gasteiger charge is 2.81. The molecule has 2 heterocycles. The number of nitrogens with zero attached hydrogens (tertiary/aromatic N) is 1. The molecule has 4 aliphatic carbocycles. The maximum absolute atomic E-state index is 15.1. The first kappa shape index (κ1) is 19.5. The van der Waals surface area contributed by atoms with E-state index in [4.69, 9.17) is 9.47 Å². The number of likely N-dealkylation sites (N-methyl/N-ethyl adjacent to an activating group) is 1. The molecule has 1 saturated heterocycles. The lowest BCUT2D eigenvalue weighted by molar-refractivity contribution is -0.301. The second-order valence-electron chi connectivity index (χ2n) is 11.0. The van der Waals surface area contributed by atoms with Crippen LogP contribution in [0.15, 0.2) is 12.1 Å². The van der Waals surface area contributed by atoms with Gasteiger partial charge in [0.1, 0.15) is 11.7 Å². The van der Waals surface area contributed by atoms with E-state index in [0.717, 1.165) is 57.1 Å². The van der Waals surface area contributed by atoms with Gasteiger partial charge in [-0.2, -0.15) is 0 Å². The molecule has 1 aromatic rings. The Morgan fingerprint density at radius 2 is 2.13 bits per heavy atom. The van der Waals surface area contributed by atoms with Crippen molar-refractivity contribution in [1.82, 2.24) is 4.90 Å². The van der Waals surface area contributed by atoms with Crippen molar-refractivity contribution in [1.29, 1.82) is 0 Å². The van der Waals surface area contributed by atoms with Crippen molar-refractivity contribution in [3.8, 4) is 5.75 Å². The number of piperidine rings is 1. The standard InChI is InChI=1S/C25H34FNO3/c1-5-8-22(2,28)17-14-23-9-10-25(17,29-4)21-24(23)11-12-27(3)18(23)13-15-6-7-16(26)20(30-21)19(15)24/h6-7,17-18,21,28H,5,8-14H2,1-4H3/t17-,18+,21-,22+,23?,24-,25?/m0/s1. The van der Waals surface area contributed by atoms with Gasteiger partial charge >= 0.3 is 0 Å². The number of methoxy groups -OCH3 is 1. The lowest BCUT2D eigenvalue weighted by Crippen LogP contribution is -2.82. The molecule has 2 aliphatic heterocycles. The molecular weight excluding hydrogens is 381 g/mol. The average Bonchev–Trinajstić information content (AvgIpc) is 3.09. The molecule has 164 valence electrons. The molecule has 4 nitrogen and oxygen atoms in total. The van der Waals surface area contributed by atoms with Crippen LogP contribution in [0.4, 0.5) is 4.39 Å². The molecule has 7 rings (SSSR count). The van der Waals surface area contributed by atoms with Crippen LogP contribution in [0.1, 0.15) is 63.5 Å². The first-order valence-corrected chi connectivity index (χ1v) is 11.7. The minimum Gasteiger partial charge on any atom is -0.483 e. The topological polar surface area (TPSA) is 41.9 Å². The predicted octanol–water partition coefficient (Wildman–Crippen LogP) is 3.82. The molecule has 0 amide bonds. The minimum atomic E-state index is -0.830. The molecule has 1 N–H and O–H groups in total. The van der Waals surface area contributed by atoms with Gasteiger partial charge in [0.15, 0.2) is 11.6 Å². The smallest absolute Gasteiger partial charge is 0.165 e. The van der Waals surface area contributed by atoms with E-state index < -0.39 is 11.2 Å². The van der Waals surface area contributed by atoms with Gasteiger partial charge in [0.25, 0.3) is 0 Å². The van der Waals surface area contributed by atoms with Gasteiger partial charge in [-0.3, -0.25) is 0 Å². The molecule has 2 spiro atoms. The van der Waals surface area contributed by atoms with Crippen molar-refractivity contribution in [2.75, 3.05) is 20.7 Å². The van der Waals surface area contributed by atoms with Crippen molar-refractivity contribution < 1.29 is 19.0 Å². The van der Waals surface area contributed by atoms with Gasteiger partial charge in [-0.25, -0.2) is 4.39 Å². The van der Waals surface area contributed by atoms with Crippen LogP contribution in [-0.4, -0.2) is 54.1 Å². The van der Waals surface area contributed by atoms with Crippen LogP contribution in [0.5, 0.6) is 5.75 Å². The molecule has 4 bridgehead atoms. The summed E-state index contributed by atoms with van der Waals surface area (Å²) in [5, 5.41) is 11.7. The van der Waals surface area contributed by atoms with E-state index in [-0.39, 0.29) is 28.7 Å². The molecule has 0 aromatic heterocycles. The van der Waals surface area contributed by atoms with Crippen LogP contribution >= 0.6 is 0 Å². The summed E-state index contributed by atoms with van der Waals surface area (Å²) in [6.07, 6.45) is 6.22. The minimum absolute atomic E-state index is 0.000607. The maximum atomic E-state index is 15.1. The van der Waals surface area contributed by atoms with Gasteiger partial charge < -0.3 is 19.5 Å². The van der Waals surface area contributed by atoms with Crippen LogP contribution < -0.4 is 4.74 Å². The van der Waals surface area contributed by atoms with Crippen molar-refractivity contribution in [2.24, 2.45) is 11.3 Å². The zero-order valence-electron chi connectivity index (χ0n) is 18.6. The third-order valence-electron chi connectivity index (χ3n) is 10.1. The Hall–Kier alpha value is -1.17. The maximum Gasteiger partial charge on any atom is 0.165 e. The van der Waals surface area contributed by atoms with E-state index in [0.29, 0.717) is 11.8 Å². The molecule has 2 unspecified atom stereocenters. The summed E-state index contributed by atoms with van der Waals surface area (Å²) in [5.74, 6) is 0.214. The first-order chi connectivity index (χ1) is 14.3. The Kier molecular flexibility index (Phi) is 3.76. The largest absolute Gasteiger partial charge is 0.483 e. The Morgan fingerprint density at radius 1 is 1.33 bits per heavy atom. The van der Waals surface area contributed by atoms with E-state index in [1.54, 1.807) is 13.2 Å². The quantitative estimate of drug-likeness (QED) is 0.812. The van der Waals surface area contributed by atoms with Crippen molar-refractivity contribution in [3.63, 3.8) is 0 Å². The van der Waals surface area contributed by atoms with Crippen molar-refractivity contribution in [2.45, 2.75) is 87.6 Å². The molecule has 7 atom stereocenters. The highest BCUT2D eigenvalue weighted by atomic mass is 19.1. The third-order valence-corrected chi connectivity index (χ3v) is 10.1. The molecular formula is C25H34FNO3. The summed E-state index contributed by atoms with van der Waals surface area (Å²) in [6.45, 7) is 5.11. The normalized spacial score (nSPS) is 45.1. The fourth-order valence-corrected chi connectivity index (χ4v) is 9.07. The van der Waals surface area contributed by atoms with Gasteiger partial charge in [0, 0.05) is 35.5 Å². The highest BCUT2D eigenvalue weighted by Crippen LogP contribution is 2.77. The fourth-order valence-electron chi connectivity index (χ4n) is 9.07. The van der Waals surface area contributed by atoms with E-state index >= 15 is 4.39 Å². The van der Waals surface area contributed by atoms with Crippen LogP contribution in [0.25, 0.3) is 0 Å². The van der Waals surface area contributed by atoms with Crippen LogP contribution in [0.2, 0.25) is 0 Å². The average molecular weight is 416 g/mol.